The smallest absolute Gasteiger partial charge is 0.289 e. The fraction of sp³-hybridized carbons (Fsp3) is 0.474. The van der Waals surface area contributed by atoms with E-state index in [1.165, 1.54) is 18.2 Å². The van der Waals surface area contributed by atoms with Gasteiger partial charge in [0, 0.05) is 18.7 Å². The predicted molar refractivity (Wildman–Crippen MR) is 113 cm³/mol. The Kier molecular flexibility index (Phi) is 7.29. The molecule has 2 aromatic rings. The fourth-order valence-corrected chi connectivity index (χ4v) is 5.29. The number of rotatable bonds is 8. The molecule has 1 aromatic carbocycles. The summed E-state index contributed by atoms with van der Waals surface area (Å²) in [4.78, 5) is 22.7. The third-order valence-corrected chi connectivity index (χ3v) is 7.28. The van der Waals surface area contributed by atoms with Crippen LogP contribution < -0.4 is 5.32 Å². The Hall–Kier alpha value is -2.50. The Bertz CT molecular complexity index is 1070. The van der Waals surface area contributed by atoms with E-state index < -0.39 is 33.1 Å². The summed E-state index contributed by atoms with van der Waals surface area (Å²) in [7, 11) is -4.19. The number of hydrogen-bond donors (Lipinski definition) is 1. The van der Waals surface area contributed by atoms with Crippen LogP contribution in [0.2, 0.25) is 5.02 Å². The van der Waals surface area contributed by atoms with Gasteiger partial charge >= 0.3 is 0 Å². The first-order valence-electron chi connectivity index (χ1n) is 9.84. The number of aryl methyl sites for hydroxylation is 1. The van der Waals surface area contributed by atoms with Gasteiger partial charge in [0.1, 0.15) is 10.8 Å². The lowest BCUT2D eigenvalue weighted by molar-refractivity contribution is -0.384. The van der Waals surface area contributed by atoms with Crippen LogP contribution in [0.1, 0.15) is 37.9 Å². The summed E-state index contributed by atoms with van der Waals surface area (Å²) in [6.07, 6.45) is 4.80. The van der Waals surface area contributed by atoms with E-state index in [1.54, 1.807) is 6.92 Å². The van der Waals surface area contributed by atoms with Crippen LogP contribution in [0.15, 0.2) is 33.7 Å². The first-order valence-corrected chi connectivity index (χ1v) is 11.7. The number of amides is 1. The quantitative estimate of drug-likeness (QED) is 0.458. The van der Waals surface area contributed by atoms with Crippen molar-refractivity contribution < 1.29 is 22.7 Å². The number of halogens is 1. The topological polar surface area (TPSA) is 136 Å². The van der Waals surface area contributed by atoms with Crippen molar-refractivity contribution in [2.75, 3.05) is 18.4 Å². The number of carbonyl (C=O) groups excluding carboxylic acids is 1. The Balaban J connectivity index is 1.87. The van der Waals surface area contributed by atoms with Crippen LogP contribution in [0.4, 0.5) is 11.5 Å². The third-order valence-electron chi connectivity index (χ3n) is 5.15. The number of nitrogens with one attached hydrogen (secondary N) is 1. The van der Waals surface area contributed by atoms with Crippen molar-refractivity contribution >= 4 is 39.0 Å². The third kappa shape index (κ3) is 5.81. The number of nitrogens with zero attached hydrogens (tertiary/aromatic N) is 3. The Morgan fingerprint density at radius 2 is 2.03 bits per heavy atom. The average molecular weight is 471 g/mol. The fourth-order valence-electron chi connectivity index (χ4n) is 3.62. The minimum absolute atomic E-state index is 0.105. The first kappa shape index (κ1) is 23.2. The second kappa shape index (κ2) is 9.75. The van der Waals surface area contributed by atoms with Crippen molar-refractivity contribution in [1.82, 2.24) is 9.46 Å². The molecule has 1 amide bonds. The molecule has 1 aliphatic carbocycles. The molecule has 1 fully saturated rings. The lowest BCUT2D eigenvalue weighted by Crippen LogP contribution is -2.41. The molecular formula is C19H23ClN4O6S. The van der Waals surface area contributed by atoms with Crippen LogP contribution in [0, 0.1) is 23.0 Å². The number of hydrogen-bond acceptors (Lipinski definition) is 7. The summed E-state index contributed by atoms with van der Waals surface area (Å²) in [6.45, 7) is 1.35. The number of nitro groups is 1. The maximum Gasteiger partial charge on any atom is 0.289 e. The average Bonchev–Trinajstić information content (AvgIpc) is 3.12. The van der Waals surface area contributed by atoms with E-state index in [2.05, 4.69) is 10.5 Å². The molecule has 10 nitrogen and oxygen atoms in total. The van der Waals surface area contributed by atoms with Gasteiger partial charge in [0.15, 0.2) is 5.82 Å². The summed E-state index contributed by atoms with van der Waals surface area (Å²) in [5.74, 6) is 0.194. The molecule has 12 heteroatoms. The zero-order valence-corrected chi connectivity index (χ0v) is 18.5. The molecule has 0 saturated heterocycles. The molecule has 0 unspecified atom stereocenters. The molecule has 0 spiro atoms. The minimum Gasteiger partial charge on any atom is -0.360 e. The van der Waals surface area contributed by atoms with Crippen LogP contribution >= 0.6 is 11.6 Å². The second-order valence-electron chi connectivity index (χ2n) is 7.54. The molecule has 0 aliphatic heterocycles. The van der Waals surface area contributed by atoms with Crippen LogP contribution in [0.25, 0.3) is 0 Å². The number of benzene rings is 1. The summed E-state index contributed by atoms with van der Waals surface area (Å²) in [5.41, 5.74) is -0.511. The lowest BCUT2D eigenvalue weighted by atomic mass is 9.89. The molecule has 0 radical (unpaired) electrons. The highest BCUT2D eigenvalue weighted by atomic mass is 35.5. The lowest BCUT2D eigenvalue weighted by Gasteiger charge is -2.28. The molecule has 1 heterocycles. The van der Waals surface area contributed by atoms with Crippen molar-refractivity contribution in [3.8, 4) is 0 Å². The van der Waals surface area contributed by atoms with Crippen molar-refractivity contribution in [2.45, 2.75) is 43.9 Å². The SMILES string of the molecule is Cc1cc(NC(=O)CN(CC2CCCCC2)S(=O)(=O)c2ccc(Cl)c([N+](=O)[O-])c2)no1. The van der Waals surface area contributed by atoms with Crippen molar-refractivity contribution in [2.24, 2.45) is 5.92 Å². The number of carbonyl (C=O) groups is 1. The van der Waals surface area contributed by atoms with E-state index in [4.69, 9.17) is 16.1 Å². The molecule has 168 valence electrons. The van der Waals surface area contributed by atoms with Gasteiger partial charge in [-0.1, -0.05) is 36.0 Å². The molecule has 1 N–H and O–H groups in total. The van der Waals surface area contributed by atoms with E-state index in [-0.39, 0.29) is 28.2 Å². The minimum atomic E-state index is -4.19. The van der Waals surface area contributed by atoms with E-state index in [9.17, 15) is 23.3 Å². The van der Waals surface area contributed by atoms with E-state index in [0.29, 0.717) is 5.76 Å². The van der Waals surface area contributed by atoms with Crippen molar-refractivity contribution in [3.05, 3.63) is 45.2 Å². The zero-order valence-electron chi connectivity index (χ0n) is 16.9. The van der Waals surface area contributed by atoms with Gasteiger partial charge in [0.05, 0.1) is 16.4 Å². The van der Waals surface area contributed by atoms with E-state index in [1.807, 2.05) is 0 Å². The van der Waals surface area contributed by atoms with Crippen molar-refractivity contribution in [3.63, 3.8) is 0 Å². The van der Waals surface area contributed by atoms with Gasteiger partial charge in [-0.05, 0) is 37.8 Å². The van der Waals surface area contributed by atoms with Crippen molar-refractivity contribution in [1.29, 1.82) is 0 Å². The molecule has 1 aliphatic rings. The number of anilines is 1. The molecule has 1 aromatic heterocycles. The van der Waals surface area contributed by atoms with Crippen LogP contribution in [0.5, 0.6) is 0 Å². The Labute approximate surface area is 184 Å². The highest BCUT2D eigenvalue weighted by Gasteiger charge is 2.31. The first-order chi connectivity index (χ1) is 14.7. The molecule has 31 heavy (non-hydrogen) atoms. The van der Waals surface area contributed by atoms with Crippen LogP contribution in [-0.4, -0.2) is 41.8 Å². The Morgan fingerprint density at radius 1 is 1.32 bits per heavy atom. The van der Waals surface area contributed by atoms with Crippen LogP contribution in [-0.2, 0) is 14.8 Å². The monoisotopic (exact) mass is 470 g/mol. The van der Waals surface area contributed by atoms with Gasteiger partial charge in [-0.15, -0.1) is 0 Å². The van der Waals surface area contributed by atoms with Gasteiger partial charge in [0.25, 0.3) is 5.69 Å². The zero-order chi connectivity index (χ0) is 22.6. The maximum atomic E-state index is 13.3. The Morgan fingerprint density at radius 3 is 2.65 bits per heavy atom. The number of sulfonamides is 1. The standard InChI is InChI=1S/C19H23ClN4O6S/c1-13-9-18(22-30-13)21-19(25)12-23(11-14-5-3-2-4-6-14)31(28,29)15-7-8-16(20)17(10-15)24(26)27/h7-10,14H,2-6,11-12H2,1H3,(H,21,22,25). The normalized spacial score (nSPS) is 15.2. The van der Waals surface area contributed by atoms with Gasteiger partial charge < -0.3 is 9.84 Å². The van der Waals surface area contributed by atoms with Gasteiger partial charge in [0.2, 0.25) is 15.9 Å². The van der Waals surface area contributed by atoms with E-state index >= 15 is 0 Å². The number of aromatic nitrogens is 1. The summed E-state index contributed by atoms with van der Waals surface area (Å²) < 4.78 is 32.6. The van der Waals surface area contributed by atoms with Gasteiger partial charge in [-0.3, -0.25) is 14.9 Å². The molecule has 0 bridgehead atoms. The predicted octanol–water partition coefficient (Wildman–Crippen LogP) is 3.75. The highest BCUT2D eigenvalue weighted by molar-refractivity contribution is 7.89. The van der Waals surface area contributed by atoms with Crippen LogP contribution in [0.3, 0.4) is 0 Å². The molecule has 0 atom stereocenters. The summed E-state index contributed by atoms with van der Waals surface area (Å²) in [5, 5.41) is 17.2. The van der Waals surface area contributed by atoms with Gasteiger partial charge in [-0.25, -0.2) is 8.42 Å². The largest absolute Gasteiger partial charge is 0.360 e. The summed E-state index contributed by atoms with van der Waals surface area (Å²) >= 11 is 5.82. The molecule has 1 saturated carbocycles. The summed E-state index contributed by atoms with van der Waals surface area (Å²) in [6, 6.07) is 4.81. The molecular weight excluding hydrogens is 448 g/mol. The highest BCUT2D eigenvalue weighted by Crippen LogP contribution is 2.30. The second-order valence-corrected chi connectivity index (χ2v) is 9.89. The molecule has 3 rings (SSSR count). The van der Waals surface area contributed by atoms with E-state index in [0.717, 1.165) is 42.5 Å². The number of nitro benzene ring substituents is 1. The maximum absolute atomic E-state index is 13.3. The van der Waals surface area contributed by atoms with Gasteiger partial charge in [-0.2, -0.15) is 4.31 Å².